The Labute approximate surface area is 139 Å². The number of aromatic amines is 1. The number of nitrogens with one attached hydrogen (secondary N) is 1. The van der Waals surface area contributed by atoms with E-state index in [1.54, 1.807) is 12.5 Å². The van der Waals surface area contributed by atoms with Gasteiger partial charge >= 0.3 is 0 Å². The van der Waals surface area contributed by atoms with Crippen molar-refractivity contribution in [2.75, 3.05) is 36.0 Å². The smallest absolute Gasteiger partial charge is 0.143 e. The van der Waals surface area contributed by atoms with Crippen LogP contribution in [-0.2, 0) is 6.42 Å². The molecule has 0 radical (unpaired) electrons. The van der Waals surface area contributed by atoms with Gasteiger partial charge in [-0.25, -0.2) is 14.4 Å². The number of pyridine rings is 1. The van der Waals surface area contributed by atoms with Crippen LogP contribution in [-0.4, -0.2) is 46.1 Å². The summed E-state index contributed by atoms with van der Waals surface area (Å²) >= 11 is 0. The van der Waals surface area contributed by atoms with E-state index < -0.39 is 0 Å². The Balaban J connectivity index is 1.57. The number of nitrogens with zero attached hydrogens (tertiary/aromatic N) is 5. The maximum absolute atomic E-state index is 13.4. The van der Waals surface area contributed by atoms with Crippen molar-refractivity contribution in [2.24, 2.45) is 0 Å². The van der Waals surface area contributed by atoms with Crippen molar-refractivity contribution in [1.82, 2.24) is 19.9 Å². The largest absolute Gasteiger partial charge is 0.367 e. The Hall–Kier alpha value is -2.70. The zero-order valence-corrected chi connectivity index (χ0v) is 13.5. The second-order valence-corrected chi connectivity index (χ2v) is 5.92. The SMILES string of the molecule is CCc1c[nH]c2ncnc(N3CCN(c4cncc(F)c4)CC3)c12. The van der Waals surface area contributed by atoms with Gasteiger partial charge in [-0.2, -0.15) is 0 Å². The molecule has 0 spiro atoms. The maximum atomic E-state index is 13.4. The van der Waals surface area contributed by atoms with Crippen LogP contribution in [0.25, 0.3) is 11.0 Å². The Kier molecular flexibility index (Phi) is 3.76. The van der Waals surface area contributed by atoms with Crippen molar-refractivity contribution in [3.8, 4) is 0 Å². The number of aryl methyl sites for hydroxylation is 1. The molecule has 124 valence electrons. The molecule has 6 nitrogen and oxygen atoms in total. The minimum absolute atomic E-state index is 0.299. The summed E-state index contributed by atoms with van der Waals surface area (Å²) in [5.41, 5.74) is 2.95. The average molecular weight is 326 g/mol. The van der Waals surface area contributed by atoms with Crippen molar-refractivity contribution < 1.29 is 4.39 Å². The van der Waals surface area contributed by atoms with Gasteiger partial charge in [0.15, 0.2) is 0 Å². The summed E-state index contributed by atoms with van der Waals surface area (Å²) in [5.74, 6) is 0.683. The lowest BCUT2D eigenvalue weighted by Crippen LogP contribution is -2.47. The van der Waals surface area contributed by atoms with E-state index >= 15 is 0 Å². The number of rotatable bonds is 3. The fourth-order valence-corrected chi connectivity index (χ4v) is 3.28. The minimum atomic E-state index is -0.299. The van der Waals surface area contributed by atoms with Crippen molar-refractivity contribution in [3.05, 3.63) is 42.4 Å². The molecule has 1 aliphatic heterocycles. The van der Waals surface area contributed by atoms with Crippen LogP contribution in [0.2, 0.25) is 0 Å². The predicted molar refractivity (Wildman–Crippen MR) is 91.9 cm³/mol. The second-order valence-electron chi connectivity index (χ2n) is 5.92. The summed E-state index contributed by atoms with van der Waals surface area (Å²) in [6.07, 6.45) is 7.50. The monoisotopic (exact) mass is 326 g/mol. The Morgan fingerprint density at radius 3 is 2.67 bits per heavy atom. The highest BCUT2D eigenvalue weighted by molar-refractivity contribution is 5.90. The van der Waals surface area contributed by atoms with Crippen molar-refractivity contribution in [3.63, 3.8) is 0 Å². The summed E-state index contributed by atoms with van der Waals surface area (Å²) in [7, 11) is 0. The van der Waals surface area contributed by atoms with Gasteiger partial charge in [-0.1, -0.05) is 6.92 Å². The fraction of sp³-hybridized carbons (Fsp3) is 0.353. The van der Waals surface area contributed by atoms with E-state index in [0.717, 1.165) is 55.1 Å². The third-order valence-corrected chi connectivity index (χ3v) is 4.55. The number of aromatic nitrogens is 4. The first-order chi connectivity index (χ1) is 11.8. The van der Waals surface area contributed by atoms with Crippen LogP contribution >= 0.6 is 0 Å². The summed E-state index contributed by atoms with van der Waals surface area (Å²) in [6, 6.07) is 1.53. The molecule has 0 aromatic carbocycles. The number of fused-ring (bicyclic) bond motifs is 1. The molecule has 4 heterocycles. The zero-order chi connectivity index (χ0) is 16.5. The molecule has 0 amide bonds. The first-order valence-corrected chi connectivity index (χ1v) is 8.17. The molecule has 0 saturated carbocycles. The third kappa shape index (κ3) is 2.55. The van der Waals surface area contributed by atoms with Crippen LogP contribution < -0.4 is 9.80 Å². The topological polar surface area (TPSA) is 60.9 Å². The number of piperazine rings is 1. The third-order valence-electron chi connectivity index (χ3n) is 4.55. The van der Waals surface area contributed by atoms with E-state index in [0.29, 0.717) is 0 Å². The molecular formula is C17H19FN6. The summed E-state index contributed by atoms with van der Waals surface area (Å²) in [4.78, 5) is 20.4. The molecule has 1 fully saturated rings. The predicted octanol–water partition coefficient (Wildman–Crippen LogP) is 2.38. The van der Waals surface area contributed by atoms with E-state index in [9.17, 15) is 4.39 Å². The first kappa shape index (κ1) is 14.9. The van der Waals surface area contributed by atoms with Crippen LogP contribution in [0.4, 0.5) is 15.9 Å². The van der Waals surface area contributed by atoms with Gasteiger partial charge in [0.25, 0.3) is 0 Å². The number of anilines is 2. The Morgan fingerprint density at radius 2 is 1.92 bits per heavy atom. The molecule has 1 saturated heterocycles. The second kappa shape index (κ2) is 6.07. The molecule has 0 atom stereocenters. The highest BCUT2D eigenvalue weighted by atomic mass is 19.1. The average Bonchev–Trinajstić information content (AvgIpc) is 3.05. The fourth-order valence-electron chi connectivity index (χ4n) is 3.28. The van der Waals surface area contributed by atoms with E-state index in [1.165, 1.54) is 17.8 Å². The van der Waals surface area contributed by atoms with Crippen LogP contribution in [0, 0.1) is 5.82 Å². The molecule has 0 aliphatic carbocycles. The Bertz CT molecular complexity index is 853. The Morgan fingerprint density at radius 1 is 1.12 bits per heavy atom. The highest BCUT2D eigenvalue weighted by Crippen LogP contribution is 2.28. The number of hydrogen-bond donors (Lipinski definition) is 1. The molecule has 4 rings (SSSR count). The van der Waals surface area contributed by atoms with E-state index in [2.05, 4.69) is 36.7 Å². The van der Waals surface area contributed by atoms with Gasteiger partial charge in [-0.05, 0) is 12.0 Å². The molecular weight excluding hydrogens is 307 g/mol. The van der Waals surface area contributed by atoms with Gasteiger partial charge in [-0.3, -0.25) is 4.98 Å². The van der Waals surface area contributed by atoms with Gasteiger partial charge in [0.2, 0.25) is 0 Å². The minimum Gasteiger partial charge on any atom is -0.367 e. The lowest BCUT2D eigenvalue weighted by molar-refractivity contribution is 0.613. The van der Waals surface area contributed by atoms with Crippen LogP contribution in [0.5, 0.6) is 0 Å². The molecule has 0 unspecified atom stereocenters. The van der Waals surface area contributed by atoms with Crippen molar-refractivity contribution in [1.29, 1.82) is 0 Å². The van der Waals surface area contributed by atoms with Crippen LogP contribution in [0.1, 0.15) is 12.5 Å². The van der Waals surface area contributed by atoms with Gasteiger partial charge in [0, 0.05) is 38.4 Å². The number of hydrogen-bond acceptors (Lipinski definition) is 5. The lowest BCUT2D eigenvalue weighted by atomic mass is 10.1. The van der Waals surface area contributed by atoms with Gasteiger partial charge < -0.3 is 14.8 Å². The summed E-state index contributed by atoms with van der Waals surface area (Å²) < 4.78 is 13.4. The highest BCUT2D eigenvalue weighted by Gasteiger charge is 2.22. The summed E-state index contributed by atoms with van der Waals surface area (Å²) in [5, 5.41) is 1.11. The summed E-state index contributed by atoms with van der Waals surface area (Å²) in [6.45, 7) is 5.41. The van der Waals surface area contributed by atoms with E-state index in [1.807, 2.05) is 6.20 Å². The molecule has 3 aromatic rings. The normalized spacial score (nSPS) is 15.2. The van der Waals surface area contributed by atoms with E-state index in [-0.39, 0.29) is 5.82 Å². The van der Waals surface area contributed by atoms with Crippen LogP contribution in [0.15, 0.2) is 31.0 Å². The number of halogens is 1. The molecule has 1 aliphatic rings. The maximum Gasteiger partial charge on any atom is 0.143 e. The quantitative estimate of drug-likeness (QED) is 0.801. The van der Waals surface area contributed by atoms with Crippen LogP contribution in [0.3, 0.4) is 0 Å². The lowest BCUT2D eigenvalue weighted by Gasteiger charge is -2.36. The van der Waals surface area contributed by atoms with Gasteiger partial charge in [-0.15, -0.1) is 0 Å². The standard InChI is InChI=1S/C17H19FN6/c1-2-12-8-20-16-15(12)17(22-11-21-16)24-5-3-23(4-6-24)14-7-13(18)9-19-10-14/h7-11H,2-6H2,1H3,(H,20,21,22). The zero-order valence-electron chi connectivity index (χ0n) is 13.5. The molecule has 1 N–H and O–H groups in total. The van der Waals surface area contributed by atoms with Crippen molar-refractivity contribution >= 4 is 22.5 Å². The van der Waals surface area contributed by atoms with Crippen molar-refractivity contribution in [2.45, 2.75) is 13.3 Å². The van der Waals surface area contributed by atoms with Gasteiger partial charge in [0.05, 0.1) is 23.5 Å². The molecule has 7 heteroatoms. The first-order valence-electron chi connectivity index (χ1n) is 8.17. The molecule has 3 aromatic heterocycles. The number of H-pyrrole nitrogens is 1. The van der Waals surface area contributed by atoms with E-state index in [4.69, 9.17) is 0 Å². The molecule has 24 heavy (non-hydrogen) atoms. The van der Waals surface area contributed by atoms with Gasteiger partial charge in [0.1, 0.15) is 23.6 Å². The molecule has 0 bridgehead atoms.